The third-order valence-corrected chi connectivity index (χ3v) is 2.88. The highest BCUT2D eigenvalue weighted by Crippen LogP contribution is 2.09. The predicted octanol–water partition coefficient (Wildman–Crippen LogP) is -1.76. The Kier molecular flexibility index (Phi) is 5.30. The molecular formula is C11H18N4O5. The van der Waals surface area contributed by atoms with Crippen molar-refractivity contribution in [2.24, 2.45) is 5.73 Å². The fraction of sp³-hybridized carbons (Fsp3) is 0.636. The molecule has 1 aliphatic heterocycles. The van der Waals surface area contributed by atoms with Crippen molar-refractivity contribution in [1.82, 2.24) is 15.5 Å². The number of carboxylic acid groups (broad SMARTS) is 1. The summed E-state index contributed by atoms with van der Waals surface area (Å²) in [4.78, 5) is 45.8. The summed E-state index contributed by atoms with van der Waals surface area (Å²) in [6.07, 6.45) is 0.130. The van der Waals surface area contributed by atoms with Gasteiger partial charge >= 0.3 is 12.0 Å². The standard InChI is InChI=1S/C11H18N4O5/c1-6(16)13-7-2-3-15(5-7)11(20)14-8(10(18)19)4-9(12)17/h7-8H,2-5H2,1H3,(H2,12,17)(H,13,16)(H,14,20)(H,18,19)/t7?,8-/m0/s1. The van der Waals surface area contributed by atoms with Gasteiger partial charge in [0.2, 0.25) is 11.8 Å². The maximum atomic E-state index is 11.9. The second-order valence-corrected chi connectivity index (χ2v) is 4.64. The van der Waals surface area contributed by atoms with E-state index in [-0.39, 0.29) is 11.9 Å². The molecule has 112 valence electrons. The zero-order valence-corrected chi connectivity index (χ0v) is 11.1. The molecule has 4 amide bonds. The minimum Gasteiger partial charge on any atom is -0.480 e. The number of hydrogen-bond acceptors (Lipinski definition) is 4. The fourth-order valence-corrected chi connectivity index (χ4v) is 1.99. The van der Waals surface area contributed by atoms with Gasteiger partial charge in [-0.1, -0.05) is 0 Å². The van der Waals surface area contributed by atoms with Gasteiger partial charge in [-0.3, -0.25) is 9.59 Å². The average Bonchev–Trinajstić information content (AvgIpc) is 2.74. The number of aliphatic carboxylic acids is 1. The Bertz CT molecular complexity index is 425. The number of likely N-dealkylation sites (tertiary alicyclic amines) is 1. The molecule has 1 fully saturated rings. The molecule has 0 saturated carbocycles. The van der Waals surface area contributed by atoms with Gasteiger partial charge in [-0.15, -0.1) is 0 Å². The summed E-state index contributed by atoms with van der Waals surface area (Å²) >= 11 is 0. The van der Waals surface area contributed by atoms with E-state index in [4.69, 9.17) is 10.8 Å². The molecule has 9 heteroatoms. The van der Waals surface area contributed by atoms with Gasteiger partial charge in [-0.2, -0.15) is 0 Å². The van der Waals surface area contributed by atoms with E-state index in [1.807, 2.05) is 0 Å². The Balaban J connectivity index is 2.51. The van der Waals surface area contributed by atoms with Gasteiger partial charge < -0.3 is 26.4 Å². The van der Waals surface area contributed by atoms with E-state index in [2.05, 4.69) is 10.6 Å². The highest BCUT2D eigenvalue weighted by Gasteiger charge is 2.30. The summed E-state index contributed by atoms with van der Waals surface area (Å²) in [5.41, 5.74) is 4.92. The van der Waals surface area contributed by atoms with Gasteiger partial charge in [-0.05, 0) is 6.42 Å². The van der Waals surface area contributed by atoms with Crippen molar-refractivity contribution in [2.45, 2.75) is 31.8 Å². The molecule has 5 N–H and O–H groups in total. The third kappa shape index (κ3) is 4.75. The van der Waals surface area contributed by atoms with Crippen LogP contribution in [0.4, 0.5) is 4.79 Å². The van der Waals surface area contributed by atoms with Crippen molar-refractivity contribution >= 4 is 23.8 Å². The van der Waals surface area contributed by atoms with E-state index in [9.17, 15) is 19.2 Å². The molecule has 20 heavy (non-hydrogen) atoms. The van der Waals surface area contributed by atoms with Crippen LogP contribution in [0.5, 0.6) is 0 Å². The minimum atomic E-state index is -1.35. The number of nitrogens with zero attached hydrogens (tertiary/aromatic N) is 1. The zero-order valence-electron chi connectivity index (χ0n) is 11.1. The van der Waals surface area contributed by atoms with Crippen molar-refractivity contribution in [3.8, 4) is 0 Å². The van der Waals surface area contributed by atoms with Crippen LogP contribution in [0.2, 0.25) is 0 Å². The first-order valence-electron chi connectivity index (χ1n) is 6.13. The normalized spacial score (nSPS) is 19.2. The smallest absolute Gasteiger partial charge is 0.326 e. The van der Waals surface area contributed by atoms with Gasteiger partial charge in [0.1, 0.15) is 6.04 Å². The van der Waals surface area contributed by atoms with Crippen LogP contribution in [0, 0.1) is 0 Å². The summed E-state index contributed by atoms with van der Waals surface area (Å²) in [6, 6.07) is -2.08. The molecule has 1 saturated heterocycles. The van der Waals surface area contributed by atoms with E-state index >= 15 is 0 Å². The van der Waals surface area contributed by atoms with Gasteiger partial charge in [0.05, 0.1) is 6.42 Å². The average molecular weight is 286 g/mol. The lowest BCUT2D eigenvalue weighted by Crippen LogP contribution is -2.49. The number of primary amides is 1. The first-order chi connectivity index (χ1) is 9.29. The molecule has 0 aliphatic carbocycles. The molecule has 1 aliphatic rings. The van der Waals surface area contributed by atoms with Crippen LogP contribution in [-0.4, -0.2) is 59.0 Å². The summed E-state index contributed by atoms with van der Waals surface area (Å²) in [5.74, 6) is -2.32. The van der Waals surface area contributed by atoms with Gasteiger partial charge in [0, 0.05) is 26.1 Å². The van der Waals surface area contributed by atoms with Gasteiger partial charge in [0.15, 0.2) is 0 Å². The van der Waals surface area contributed by atoms with Crippen molar-refractivity contribution in [3.63, 3.8) is 0 Å². The highest BCUT2D eigenvalue weighted by molar-refractivity contribution is 5.87. The summed E-state index contributed by atoms with van der Waals surface area (Å²) < 4.78 is 0. The van der Waals surface area contributed by atoms with Gasteiger partial charge in [-0.25, -0.2) is 9.59 Å². The van der Waals surface area contributed by atoms with Crippen LogP contribution in [0.3, 0.4) is 0 Å². The molecule has 2 atom stereocenters. The molecule has 9 nitrogen and oxygen atoms in total. The Morgan fingerprint density at radius 2 is 2.05 bits per heavy atom. The van der Waals surface area contributed by atoms with Crippen molar-refractivity contribution < 1.29 is 24.3 Å². The highest BCUT2D eigenvalue weighted by atomic mass is 16.4. The number of carboxylic acids is 1. The Morgan fingerprint density at radius 3 is 2.55 bits per heavy atom. The monoisotopic (exact) mass is 286 g/mol. The summed E-state index contributed by atoms with van der Waals surface area (Å²) in [6.45, 7) is 2.09. The van der Waals surface area contributed by atoms with E-state index in [0.717, 1.165) is 0 Å². The number of rotatable bonds is 5. The molecule has 1 heterocycles. The molecule has 1 unspecified atom stereocenters. The first-order valence-corrected chi connectivity index (χ1v) is 6.13. The lowest BCUT2D eigenvalue weighted by molar-refractivity contribution is -0.141. The summed E-state index contributed by atoms with van der Waals surface area (Å²) in [5, 5.41) is 13.8. The molecule has 0 aromatic rings. The molecule has 1 rings (SSSR count). The second-order valence-electron chi connectivity index (χ2n) is 4.64. The SMILES string of the molecule is CC(=O)NC1CCN(C(=O)N[C@@H](CC(N)=O)C(=O)O)C1. The second kappa shape index (κ2) is 6.73. The maximum absolute atomic E-state index is 11.9. The number of urea groups is 1. The van der Waals surface area contributed by atoms with E-state index in [1.165, 1.54) is 11.8 Å². The largest absolute Gasteiger partial charge is 0.480 e. The number of nitrogens with two attached hydrogens (primary N) is 1. The molecule has 0 radical (unpaired) electrons. The number of nitrogens with one attached hydrogen (secondary N) is 2. The van der Waals surface area contributed by atoms with Crippen molar-refractivity contribution in [2.75, 3.05) is 13.1 Å². The zero-order chi connectivity index (χ0) is 15.3. The maximum Gasteiger partial charge on any atom is 0.326 e. The molecule has 0 aromatic heterocycles. The predicted molar refractivity (Wildman–Crippen MR) is 67.6 cm³/mol. The lowest BCUT2D eigenvalue weighted by Gasteiger charge is -2.20. The molecule has 0 spiro atoms. The van der Waals surface area contributed by atoms with Crippen molar-refractivity contribution in [1.29, 1.82) is 0 Å². The lowest BCUT2D eigenvalue weighted by atomic mass is 10.2. The minimum absolute atomic E-state index is 0.141. The van der Waals surface area contributed by atoms with Crippen LogP contribution in [0.1, 0.15) is 19.8 Å². The van der Waals surface area contributed by atoms with Crippen LogP contribution in [0.25, 0.3) is 0 Å². The van der Waals surface area contributed by atoms with Crippen LogP contribution < -0.4 is 16.4 Å². The Morgan fingerprint density at radius 1 is 1.40 bits per heavy atom. The summed E-state index contributed by atoms with van der Waals surface area (Å²) in [7, 11) is 0. The number of carbonyl (C=O) groups excluding carboxylic acids is 3. The van der Waals surface area contributed by atoms with Gasteiger partial charge in [0.25, 0.3) is 0 Å². The van der Waals surface area contributed by atoms with E-state index < -0.39 is 30.4 Å². The van der Waals surface area contributed by atoms with Crippen LogP contribution in [-0.2, 0) is 14.4 Å². The van der Waals surface area contributed by atoms with Crippen molar-refractivity contribution in [3.05, 3.63) is 0 Å². The van der Waals surface area contributed by atoms with Crippen LogP contribution >= 0.6 is 0 Å². The molecular weight excluding hydrogens is 268 g/mol. The number of amides is 4. The number of hydrogen-bond donors (Lipinski definition) is 4. The fourth-order valence-electron chi connectivity index (χ4n) is 1.99. The molecule has 0 aromatic carbocycles. The Hall–Kier alpha value is -2.32. The van der Waals surface area contributed by atoms with E-state index in [1.54, 1.807) is 0 Å². The van der Waals surface area contributed by atoms with Crippen LogP contribution in [0.15, 0.2) is 0 Å². The topological polar surface area (TPSA) is 142 Å². The molecule has 0 bridgehead atoms. The number of carbonyl (C=O) groups is 4. The Labute approximate surface area is 115 Å². The quantitative estimate of drug-likeness (QED) is 0.473. The first kappa shape index (κ1) is 15.7. The third-order valence-electron chi connectivity index (χ3n) is 2.88. The van der Waals surface area contributed by atoms with E-state index in [0.29, 0.717) is 19.5 Å².